The fourth-order valence-electron chi connectivity index (χ4n) is 2.33. The van der Waals surface area contributed by atoms with E-state index in [1.54, 1.807) is 42.4 Å². The van der Waals surface area contributed by atoms with Crippen molar-refractivity contribution in [3.8, 4) is 11.5 Å². The lowest BCUT2D eigenvalue weighted by atomic mass is 10.1. The van der Waals surface area contributed by atoms with Crippen molar-refractivity contribution in [3.63, 3.8) is 0 Å². The molecule has 0 saturated heterocycles. The molecule has 2 aromatic heterocycles. The third kappa shape index (κ3) is 4.61. The number of para-hydroxylation sites is 1. The van der Waals surface area contributed by atoms with Crippen LogP contribution in [0.2, 0.25) is 0 Å². The van der Waals surface area contributed by atoms with Gasteiger partial charge in [0, 0.05) is 6.42 Å². The molecule has 0 spiro atoms. The van der Waals surface area contributed by atoms with Gasteiger partial charge in [-0.05, 0) is 12.1 Å². The first kappa shape index (κ1) is 19.2. The maximum Gasteiger partial charge on any atom is 0.261 e. The smallest absolute Gasteiger partial charge is 0.261 e. The van der Waals surface area contributed by atoms with Crippen molar-refractivity contribution < 1.29 is 18.7 Å². The van der Waals surface area contributed by atoms with Crippen LogP contribution in [0.3, 0.4) is 0 Å². The van der Waals surface area contributed by atoms with Crippen LogP contribution < -0.4 is 14.8 Å². The highest BCUT2D eigenvalue weighted by Crippen LogP contribution is 2.33. The van der Waals surface area contributed by atoms with Crippen LogP contribution in [0.4, 0.5) is 5.13 Å². The van der Waals surface area contributed by atoms with E-state index < -0.39 is 0 Å². The van der Waals surface area contributed by atoms with Crippen molar-refractivity contribution in [1.29, 1.82) is 0 Å². The molecular formula is C18H19N3O4S2. The number of ether oxygens (including phenoxy) is 2. The molecule has 0 atom stereocenters. The minimum absolute atomic E-state index is 0.308. The summed E-state index contributed by atoms with van der Waals surface area (Å²) in [5, 5.41) is 3.30. The molecule has 7 nitrogen and oxygen atoms in total. The van der Waals surface area contributed by atoms with Crippen molar-refractivity contribution in [2.45, 2.75) is 23.3 Å². The van der Waals surface area contributed by atoms with E-state index in [-0.39, 0.29) is 5.91 Å². The van der Waals surface area contributed by atoms with Gasteiger partial charge >= 0.3 is 0 Å². The Labute approximate surface area is 165 Å². The molecule has 1 amide bonds. The molecule has 1 N–H and O–H groups in total. The molecule has 0 aliphatic carbocycles. The molecule has 0 bridgehead atoms. The number of thiazole rings is 1. The number of oxazole rings is 1. The van der Waals surface area contributed by atoms with Crippen LogP contribution in [0.15, 0.2) is 39.2 Å². The number of hydrogen-bond donors (Lipinski definition) is 1. The Balaban J connectivity index is 1.64. The van der Waals surface area contributed by atoms with Gasteiger partial charge in [-0.2, -0.15) is 0 Å². The molecule has 1 aromatic carbocycles. The van der Waals surface area contributed by atoms with Gasteiger partial charge in [0.2, 0.25) is 5.89 Å². The number of amides is 1. The standard InChI is InChI=1S/C18H19N3O4S2/c1-4-11-8-19-14(25-11)10-26-15-9-20-18(27-15)21-17(22)12-6-5-7-13(23-2)16(12)24-3/h5-9H,4,10H2,1-3H3,(H,20,21,22). The van der Waals surface area contributed by atoms with Gasteiger partial charge in [-0.3, -0.25) is 10.1 Å². The first-order valence-corrected chi connectivity index (χ1v) is 9.99. The maximum atomic E-state index is 12.6. The largest absolute Gasteiger partial charge is 0.493 e. The molecule has 2 heterocycles. The zero-order valence-electron chi connectivity index (χ0n) is 15.1. The third-order valence-electron chi connectivity index (χ3n) is 3.64. The Hall–Kier alpha value is -2.52. The summed E-state index contributed by atoms with van der Waals surface area (Å²) in [4.78, 5) is 21.1. The van der Waals surface area contributed by atoms with E-state index >= 15 is 0 Å². The number of aryl methyl sites for hydroxylation is 1. The quantitative estimate of drug-likeness (QED) is 0.561. The zero-order valence-corrected chi connectivity index (χ0v) is 16.8. The van der Waals surface area contributed by atoms with E-state index in [2.05, 4.69) is 15.3 Å². The maximum absolute atomic E-state index is 12.6. The summed E-state index contributed by atoms with van der Waals surface area (Å²) >= 11 is 2.95. The van der Waals surface area contributed by atoms with Crippen molar-refractivity contribution in [2.24, 2.45) is 0 Å². The lowest BCUT2D eigenvalue weighted by Crippen LogP contribution is -2.13. The predicted molar refractivity (Wildman–Crippen MR) is 105 cm³/mol. The molecular weight excluding hydrogens is 386 g/mol. The number of aromatic nitrogens is 2. The summed E-state index contributed by atoms with van der Waals surface area (Å²) in [5.74, 6) is 2.74. The Morgan fingerprint density at radius 3 is 2.81 bits per heavy atom. The predicted octanol–water partition coefficient (Wildman–Crippen LogP) is 4.26. The normalized spacial score (nSPS) is 10.6. The number of carbonyl (C=O) groups excluding carboxylic acids is 1. The molecule has 0 aliphatic heterocycles. The number of anilines is 1. The second-order valence-electron chi connectivity index (χ2n) is 5.34. The van der Waals surface area contributed by atoms with Gasteiger partial charge in [0.25, 0.3) is 5.91 Å². The molecule has 0 unspecified atom stereocenters. The Kier molecular flexibility index (Phi) is 6.36. The van der Waals surface area contributed by atoms with Crippen LogP contribution in [0, 0.1) is 0 Å². The van der Waals surface area contributed by atoms with Gasteiger partial charge < -0.3 is 13.9 Å². The molecule has 0 saturated carbocycles. The minimum atomic E-state index is -0.308. The topological polar surface area (TPSA) is 86.5 Å². The fourth-order valence-corrected chi connectivity index (χ4v) is 4.05. The van der Waals surface area contributed by atoms with E-state index in [1.807, 2.05) is 6.92 Å². The van der Waals surface area contributed by atoms with Gasteiger partial charge in [0.1, 0.15) is 5.76 Å². The first-order valence-electron chi connectivity index (χ1n) is 8.19. The van der Waals surface area contributed by atoms with E-state index in [4.69, 9.17) is 13.9 Å². The minimum Gasteiger partial charge on any atom is -0.493 e. The van der Waals surface area contributed by atoms with Crippen molar-refractivity contribution >= 4 is 34.1 Å². The second kappa shape index (κ2) is 8.92. The van der Waals surface area contributed by atoms with Gasteiger partial charge in [-0.1, -0.05) is 24.3 Å². The van der Waals surface area contributed by atoms with Crippen LogP contribution in [0.25, 0.3) is 0 Å². The highest BCUT2D eigenvalue weighted by Gasteiger charge is 2.17. The number of hydrogen-bond acceptors (Lipinski definition) is 8. The summed E-state index contributed by atoms with van der Waals surface area (Å²) in [5.41, 5.74) is 0.383. The van der Waals surface area contributed by atoms with Gasteiger partial charge in [0.05, 0.1) is 42.1 Å². The number of methoxy groups -OCH3 is 2. The van der Waals surface area contributed by atoms with Crippen LogP contribution in [0.1, 0.15) is 28.9 Å². The molecule has 0 aliphatic rings. The summed E-state index contributed by atoms with van der Waals surface area (Å²) in [6, 6.07) is 5.15. The van der Waals surface area contributed by atoms with E-state index in [1.165, 1.54) is 25.6 Å². The van der Waals surface area contributed by atoms with Crippen molar-refractivity contribution in [1.82, 2.24) is 9.97 Å². The lowest BCUT2D eigenvalue weighted by molar-refractivity contribution is 0.102. The summed E-state index contributed by atoms with van der Waals surface area (Å²) in [7, 11) is 3.03. The molecule has 0 radical (unpaired) electrons. The number of rotatable bonds is 8. The highest BCUT2D eigenvalue weighted by atomic mass is 32.2. The molecule has 0 fully saturated rings. The number of thioether (sulfide) groups is 1. The average molecular weight is 406 g/mol. The fraction of sp³-hybridized carbons (Fsp3) is 0.278. The van der Waals surface area contributed by atoms with E-state index in [9.17, 15) is 4.79 Å². The van der Waals surface area contributed by atoms with E-state index in [0.717, 1.165) is 16.4 Å². The lowest BCUT2D eigenvalue weighted by Gasteiger charge is -2.11. The Morgan fingerprint density at radius 2 is 2.11 bits per heavy atom. The number of benzene rings is 1. The summed E-state index contributed by atoms with van der Waals surface area (Å²) < 4.78 is 17.1. The van der Waals surface area contributed by atoms with Gasteiger partial charge in [-0.15, -0.1) is 11.8 Å². The summed E-state index contributed by atoms with van der Waals surface area (Å²) in [6.07, 6.45) is 4.29. The molecule has 142 valence electrons. The Morgan fingerprint density at radius 1 is 1.26 bits per heavy atom. The first-order chi connectivity index (χ1) is 13.1. The van der Waals surface area contributed by atoms with Crippen LogP contribution >= 0.6 is 23.1 Å². The molecule has 3 rings (SSSR count). The van der Waals surface area contributed by atoms with Crippen LogP contribution in [-0.4, -0.2) is 30.1 Å². The highest BCUT2D eigenvalue weighted by molar-refractivity contribution is 8.00. The van der Waals surface area contributed by atoms with Crippen LogP contribution in [0.5, 0.6) is 11.5 Å². The van der Waals surface area contributed by atoms with Gasteiger partial charge in [0.15, 0.2) is 16.6 Å². The SMILES string of the molecule is CCc1cnc(CSc2cnc(NC(=O)c3cccc(OC)c3OC)s2)o1. The molecule has 3 aromatic rings. The van der Waals surface area contributed by atoms with Gasteiger partial charge in [-0.25, -0.2) is 9.97 Å². The van der Waals surface area contributed by atoms with E-state index in [0.29, 0.717) is 33.8 Å². The third-order valence-corrected chi connectivity index (χ3v) is 5.73. The molecule has 9 heteroatoms. The Bertz CT molecular complexity index is 923. The number of carbonyl (C=O) groups is 1. The second-order valence-corrected chi connectivity index (χ2v) is 7.65. The van der Waals surface area contributed by atoms with Crippen molar-refractivity contribution in [2.75, 3.05) is 19.5 Å². The monoisotopic (exact) mass is 405 g/mol. The molecule has 27 heavy (non-hydrogen) atoms. The average Bonchev–Trinajstić information content (AvgIpc) is 3.34. The van der Waals surface area contributed by atoms with Crippen LogP contribution in [-0.2, 0) is 12.2 Å². The zero-order chi connectivity index (χ0) is 19.2. The summed E-state index contributed by atoms with van der Waals surface area (Å²) in [6.45, 7) is 2.02. The van der Waals surface area contributed by atoms with Crippen molar-refractivity contribution in [3.05, 3.63) is 47.8 Å². The number of nitrogens with one attached hydrogen (secondary N) is 1. The number of nitrogens with zero attached hydrogens (tertiary/aromatic N) is 2.